The van der Waals surface area contributed by atoms with Gasteiger partial charge in [0.2, 0.25) is 0 Å². The maximum Gasteiger partial charge on any atom is 0.193 e. The average molecular weight is 486 g/mol. The molecule has 1 saturated heterocycles. The number of hydrogen-bond donors (Lipinski definition) is 1. The predicted molar refractivity (Wildman–Crippen MR) is 123 cm³/mol. The van der Waals surface area contributed by atoms with Gasteiger partial charge in [-0.3, -0.25) is 4.99 Å². The Morgan fingerprint density at radius 2 is 1.81 bits per heavy atom. The molecule has 27 heavy (non-hydrogen) atoms. The second-order valence-corrected chi connectivity index (χ2v) is 7.51. The van der Waals surface area contributed by atoms with E-state index in [1.807, 2.05) is 37.4 Å². The predicted octanol–water partition coefficient (Wildman–Crippen LogP) is 3.60. The smallest absolute Gasteiger partial charge is 0.193 e. The summed E-state index contributed by atoms with van der Waals surface area (Å²) in [5.74, 6) is 2.01. The third kappa shape index (κ3) is 6.82. The van der Waals surface area contributed by atoms with Crippen molar-refractivity contribution in [2.75, 3.05) is 40.3 Å². The molecule has 1 heterocycles. The van der Waals surface area contributed by atoms with Gasteiger partial charge in [-0.2, -0.15) is 0 Å². The van der Waals surface area contributed by atoms with Crippen LogP contribution >= 0.6 is 24.0 Å². The lowest BCUT2D eigenvalue weighted by Crippen LogP contribution is -2.49. The lowest BCUT2D eigenvalue weighted by molar-refractivity contribution is 0.129. The molecular weight excluding hydrogens is 451 g/mol. The molecule has 152 valence electrons. The molecule has 1 aromatic carbocycles. The molecule has 0 unspecified atom stereocenters. The third-order valence-electron chi connectivity index (χ3n) is 5.69. The topological polar surface area (TPSA) is 40.1 Å². The molecular formula is C21H35IN4O. The summed E-state index contributed by atoms with van der Waals surface area (Å²) in [6, 6.07) is 10.9. The Kier molecular flexibility index (Phi) is 9.68. The van der Waals surface area contributed by atoms with E-state index in [4.69, 9.17) is 4.74 Å². The summed E-state index contributed by atoms with van der Waals surface area (Å²) in [5.41, 5.74) is 0. The number of ether oxygens (including phenoxy) is 1. The van der Waals surface area contributed by atoms with Crippen LogP contribution in [0.2, 0.25) is 0 Å². The van der Waals surface area contributed by atoms with Gasteiger partial charge in [0.05, 0.1) is 0 Å². The molecule has 0 radical (unpaired) electrons. The Balaban J connectivity index is 0.00000261. The number of rotatable bonds is 6. The molecule has 2 fully saturated rings. The molecule has 0 atom stereocenters. The first-order valence-corrected chi connectivity index (χ1v) is 10.1. The van der Waals surface area contributed by atoms with Gasteiger partial charge in [-0.1, -0.05) is 31.0 Å². The summed E-state index contributed by atoms with van der Waals surface area (Å²) in [5, 5.41) is 3.55. The lowest BCUT2D eigenvalue weighted by Gasteiger charge is -2.34. The standard InChI is InChI=1S/C21H34N4O.HI/c1-22-21(23-14-17-24(2)18-8-6-7-9-18)25-15-12-20(13-16-25)26-19-10-4-3-5-11-19;/h3-5,10-11,18,20H,6-9,12-17H2,1-2H3,(H,22,23);1H. The fourth-order valence-corrected chi connectivity index (χ4v) is 4.08. The van der Waals surface area contributed by atoms with Crippen molar-refractivity contribution in [1.29, 1.82) is 0 Å². The molecule has 5 nitrogen and oxygen atoms in total. The van der Waals surface area contributed by atoms with Crippen molar-refractivity contribution in [2.45, 2.75) is 50.7 Å². The van der Waals surface area contributed by atoms with Crippen molar-refractivity contribution < 1.29 is 4.74 Å². The first kappa shape index (κ1) is 22.3. The number of piperidine rings is 1. The zero-order valence-electron chi connectivity index (χ0n) is 16.8. The van der Waals surface area contributed by atoms with Crippen molar-refractivity contribution in [2.24, 2.45) is 4.99 Å². The Hall–Kier alpha value is -1.02. The fourth-order valence-electron chi connectivity index (χ4n) is 4.08. The number of nitrogens with zero attached hydrogens (tertiary/aromatic N) is 3. The number of nitrogens with one attached hydrogen (secondary N) is 1. The second kappa shape index (κ2) is 11.7. The molecule has 1 N–H and O–H groups in total. The highest BCUT2D eigenvalue weighted by molar-refractivity contribution is 14.0. The molecule has 0 bridgehead atoms. The first-order valence-electron chi connectivity index (χ1n) is 10.1. The third-order valence-corrected chi connectivity index (χ3v) is 5.69. The Morgan fingerprint density at radius 3 is 2.44 bits per heavy atom. The number of likely N-dealkylation sites (tertiary alicyclic amines) is 1. The summed E-state index contributed by atoms with van der Waals surface area (Å²) in [6.07, 6.45) is 7.89. The summed E-state index contributed by atoms with van der Waals surface area (Å²) < 4.78 is 6.09. The van der Waals surface area contributed by atoms with Gasteiger partial charge in [-0.25, -0.2) is 0 Å². The molecule has 1 saturated carbocycles. The second-order valence-electron chi connectivity index (χ2n) is 7.51. The van der Waals surface area contributed by atoms with Gasteiger partial charge in [-0.15, -0.1) is 24.0 Å². The van der Waals surface area contributed by atoms with E-state index in [9.17, 15) is 0 Å². The van der Waals surface area contributed by atoms with Crippen molar-refractivity contribution in [3.05, 3.63) is 30.3 Å². The molecule has 3 rings (SSSR count). The minimum absolute atomic E-state index is 0. The molecule has 2 aliphatic rings. The van der Waals surface area contributed by atoms with Crippen molar-refractivity contribution in [1.82, 2.24) is 15.1 Å². The summed E-state index contributed by atoms with van der Waals surface area (Å²) >= 11 is 0. The largest absolute Gasteiger partial charge is 0.490 e. The van der Waals surface area contributed by atoms with Crippen LogP contribution in [0.4, 0.5) is 0 Å². The molecule has 1 aromatic rings. The van der Waals surface area contributed by atoms with Crippen molar-refractivity contribution >= 4 is 29.9 Å². The maximum atomic E-state index is 6.09. The fraction of sp³-hybridized carbons (Fsp3) is 0.667. The summed E-state index contributed by atoms with van der Waals surface area (Å²) in [7, 11) is 4.14. The molecule has 6 heteroatoms. The van der Waals surface area contributed by atoms with Gasteiger partial charge in [0.1, 0.15) is 11.9 Å². The highest BCUT2D eigenvalue weighted by atomic mass is 127. The zero-order chi connectivity index (χ0) is 18.2. The van der Waals surface area contributed by atoms with Crippen molar-refractivity contribution in [3.63, 3.8) is 0 Å². The van der Waals surface area contributed by atoms with Gasteiger partial charge in [0.25, 0.3) is 0 Å². The number of guanidine groups is 1. The van der Waals surface area contributed by atoms with E-state index in [-0.39, 0.29) is 24.0 Å². The van der Waals surface area contributed by atoms with Crippen LogP contribution in [-0.4, -0.2) is 68.2 Å². The highest BCUT2D eigenvalue weighted by Crippen LogP contribution is 2.22. The van der Waals surface area contributed by atoms with Crippen LogP contribution in [0, 0.1) is 0 Å². The van der Waals surface area contributed by atoms with Gasteiger partial charge >= 0.3 is 0 Å². The van der Waals surface area contributed by atoms with E-state index in [1.54, 1.807) is 0 Å². The van der Waals surface area contributed by atoms with E-state index in [0.717, 1.165) is 56.8 Å². The number of halogens is 1. The molecule has 1 aliphatic carbocycles. The lowest BCUT2D eigenvalue weighted by atomic mass is 10.1. The normalized spacial score (nSPS) is 19.2. The van der Waals surface area contributed by atoms with E-state index in [1.165, 1.54) is 25.7 Å². The molecule has 1 aliphatic heterocycles. The van der Waals surface area contributed by atoms with Crippen LogP contribution in [-0.2, 0) is 0 Å². The monoisotopic (exact) mass is 486 g/mol. The highest BCUT2D eigenvalue weighted by Gasteiger charge is 2.23. The number of para-hydroxylation sites is 1. The molecule has 0 spiro atoms. The summed E-state index contributed by atoms with van der Waals surface area (Å²) in [4.78, 5) is 9.36. The van der Waals surface area contributed by atoms with Crippen LogP contribution in [0.3, 0.4) is 0 Å². The summed E-state index contributed by atoms with van der Waals surface area (Å²) in [6.45, 7) is 4.03. The van der Waals surface area contributed by atoms with Gasteiger partial charge in [-0.05, 0) is 32.0 Å². The van der Waals surface area contributed by atoms with Crippen LogP contribution in [0.15, 0.2) is 35.3 Å². The zero-order valence-corrected chi connectivity index (χ0v) is 19.1. The van der Waals surface area contributed by atoms with E-state index >= 15 is 0 Å². The van der Waals surface area contributed by atoms with E-state index in [2.05, 4.69) is 27.2 Å². The minimum atomic E-state index is 0. The Labute approximate surface area is 181 Å². The van der Waals surface area contributed by atoms with Crippen LogP contribution in [0.1, 0.15) is 38.5 Å². The van der Waals surface area contributed by atoms with E-state index in [0.29, 0.717) is 6.10 Å². The first-order chi connectivity index (χ1) is 12.8. The van der Waals surface area contributed by atoms with Crippen LogP contribution in [0.5, 0.6) is 5.75 Å². The SMILES string of the molecule is CN=C(NCCN(C)C1CCCC1)N1CCC(Oc2ccccc2)CC1.I. The quantitative estimate of drug-likeness (QED) is 0.379. The molecule has 0 amide bonds. The van der Waals surface area contributed by atoms with Crippen LogP contribution < -0.4 is 10.1 Å². The number of benzene rings is 1. The maximum absolute atomic E-state index is 6.09. The van der Waals surface area contributed by atoms with Crippen molar-refractivity contribution in [3.8, 4) is 5.75 Å². The van der Waals surface area contributed by atoms with Gasteiger partial charge < -0.3 is 19.9 Å². The van der Waals surface area contributed by atoms with Gasteiger partial charge in [0, 0.05) is 52.1 Å². The minimum Gasteiger partial charge on any atom is -0.490 e. The number of hydrogen-bond acceptors (Lipinski definition) is 3. The Bertz CT molecular complexity index is 555. The van der Waals surface area contributed by atoms with E-state index < -0.39 is 0 Å². The average Bonchev–Trinajstić information content (AvgIpc) is 3.22. The van der Waals surface area contributed by atoms with Crippen LogP contribution in [0.25, 0.3) is 0 Å². The van der Waals surface area contributed by atoms with Gasteiger partial charge in [0.15, 0.2) is 5.96 Å². The Morgan fingerprint density at radius 1 is 1.15 bits per heavy atom. The number of aliphatic imine (C=N–C) groups is 1. The number of likely N-dealkylation sites (N-methyl/N-ethyl adjacent to an activating group) is 1. The molecule has 0 aromatic heterocycles.